The van der Waals surface area contributed by atoms with E-state index in [-0.39, 0.29) is 11.1 Å². The number of rotatable bonds is 9. The largest absolute Gasteiger partial charge is 0.493 e. The second kappa shape index (κ2) is 10.0. The van der Waals surface area contributed by atoms with Crippen LogP contribution in [0.3, 0.4) is 0 Å². The number of carbonyl (C=O) groups is 1. The van der Waals surface area contributed by atoms with E-state index in [9.17, 15) is 14.7 Å². The van der Waals surface area contributed by atoms with E-state index in [4.69, 9.17) is 9.72 Å². The Hall–Kier alpha value is -3.79. The third kappa shape index (κ3) is 4.76. The Morgan fingerprint density at radius 3 is 2.79 bits per heavy atom. The van der Waals surface area contributed by atoms with Crippen LogP contribution in [0.4, 0.5) is 5.69 Å². The summed E-state index contributed by atoms with van der Waals surface area (Å²) in [5, 5.41) is 13.7. The van der Waals surface area contributed by atoms with Gasteiger partial charge in [0.1, 0.15) is 17.1 Å². The Morgan fingerprint density at radius 2 is 2.06 bits per heavy atom. The first-order chi connectivity index (χ1) is 16.4. The van der Waals surface area contributed by atoms with Gasteiger partial charge < -0.3 is 19.5 Å². The van der Waals surface area contributed by atoms with Crippen molar-refractivity contribution in [1.82, 2.24) is 19.7 Å². The molecule has 34 heavy (non-hydrogen) atoms. The molecule has 3 N–H and O–H groups in total. The number of nitrogens with zero attached hydrogens (tertiary/aromatic N) is 3. The Labute approximate surface area is 200 Å². The molecule has 2 aromatic carbocycles. The number of hydrogen-bond acceptors (Lipinski definition) is 7. The van der Waals surface area contributed by atoms with Crippen molar-refractivity contribution in [2.75, 3.05) is 11.3 Å². The fraction of sp³-hybridized carbons (Fsp3) is 0.250. The van der Waals surface area contributed by atoms with E-state index in [0.717, 1.165) is 23.4 Å². The number of anilines is 1. The lowest BCUT2D eigenvalue weighted by atomic mass is 10.1. The lowest BCUT2D eigenvalue weighted by Crippen LogP contribution is -2.12. The topological polar surface area (TPSA) is 122 Å². The Morgan fingerprint density at radius 1 is 1.24 bits per heavy atom. The van der Waals surface area contributed by atoms with E-state index in [0.29, 0.717) is 40.5 Å². The lowest BCUT2D eigenvalue weighted by molar-refractivity contribution is 0.0697. The molecule has 0 saturated carbocycles. The van der Waals surface area contributed by atoms with Crippen molar-refractivity contribution in [1.29, 1.82) is 0 Å². The van der Waals surface area contributed by atoms with Gasteiger partial charge in [-0.1, -0.05) is 19.4 Å². The second-order valence-electron chi connectivity index (χ2n) is 7.61. The van der Waals surface area contributed by atoms with Crippen LogP contribution in [0.2, 0.25) is 0 Å². The number of benzene rings is 2. The van der Waals surface area contributed by atoms with Gasteiger partial charge in [0.15, 0.2) is 5.52 Å². The molecule has 0 amide bonds. The molecule has 0 atom stereocenters. The second-order valence-corrected chi connectivity index (χ2v) is 8.49. The highest BCUT2D eigenvalue weighted by molar-refractivity contribution is 8.00. The minimum Gasteiger partial charge on any atom is -0.493 e. The molecule has 0 aliphatic carbocycles. The molecule has 0 fully saturated rings. The molecule has 2 heterocycles. The summed E-state index contributed by atoms with van der Waals surface area (Å²) < 4.78 is 10.5. The molecule has 176 valence electrons. The van der Waals surface area contributed by atoms with E-state index in [2.05, 4.69) is 21.7 Å². The van der Waals surface area contributed by atoms with Gasteiger partial charge in [0.05, 0.1) is 23.4 Å². The molecule has 0 unspecified atom stereocenters. The van der Waals surface area contributed by atoms with Crippen LogP contribution in [0.15, 0.2) is 52.2 Å². The van der Waals surface area contributed by atoms with Gasteiger partial charge in [-0.25, -0.2) is 9.78 Å². The summed E-state index contributed by atoms with van der Waals surface area (Å²) in [5.41, 5.74) is 3.07. The molecule has 4 rings (SSSR count). The van der Waals surface area contributed by atoms with E-state index in [1.54, 1.807) is 29.9 Å². The van der Waals surface area contributed by atoms with Gasteiger partial charge in [-0.05, 0) is 61.7 Å². The smallest absolute Gasteiger partial charge is 0.335 e. The van der Waals surface area contributed by atoms with Crippen molar-refractivity contribution in [3.63, 3.8) is 0 Å². The molecule has 0 saturated heterocycles. The van der Waals surface area contributed by atoms with Crippen LogP contribution in [0.25, 0.3) is 22.4 Å². The number of aryl methyl sites for hydroxylation is 2. The summed E-state index contributed by atoms with van der Waals surface area (Å²) in [4.78, 5) is 32.6. The molecule has 0 aliphatic rings. The van der Waals surface area contributed by atoms with Gasteiger partial charge in [-0.3, -0.25) is 9.48 Å². The molecule has 2 aromatic heterocycles. The van der Waals surface area contributed by atoms with Crippen molar-refractivity contribution in [2.45, 2.75) is 31.6 Å². The van der Waals surface area contributed by atoms with Crippen LogP contribution >= 0.6 is 11.9 Å². The maximum Gasteiger partial charge on any atom is 0.335 e. The Kier molecular flexibility index (Phi) is 6.87. The zero-order valence-electron chi connectivity index (χ0n) is 19.1. The predicted molar refractivity (Wildman–Crippen MR) is 133 cm³/mol. The third-order valence-electron chi connectivity index (χ3n) is 5.15. The highest BCUT2D eigenvalue weighted by atomic mass is 32.2. The summed E-state index contributed by atoms with van der Waals surface area (Å²) in [6, 6.07) is 12.2. The number of aromatic amines is 1. The molecule has 0 spiro atoms. The Bertz CT molecular complexity index is 1410. The maximum absolute atomic E-state index is 12.9. The number of aromatic nitrogens is 4. The van der Waals surface area contributed by atoms with Gasteiger partial charge in [0.2, 0.25) is 0 Å². The number of ether oxygens (including phenoxy) is 1. The van der Waals surface area contributed by atoms with Crippen LogP contribution in [-0.2, 0) is 13.5 Å². The quantitative estimate of drug-likeness (QED) is 0.300. The summed E-state index contributed by atoms with van der Waals surface area (Å²) in [6.45, 7) is 4.41. The van der Waals surface area contributed by atoms with Gasteiger partial charge in [-0.15, -0.1) is 0 Å². The molecule has 0 radical (unpaired) electrons. The summed E-state index contributed by atoms with van der Waals surface area (Å²) in [6.07, 6.45) is 1.61. The molecule has 10 heteroatoms. The first-order valence-electron chi connectivity index (χ1n) is 10.9. The van der Waals surface area contributed by atoms with E-state index in [1.165, 1.54) is 18.0 Å². The number of carboxylic acid groups (broad SMARTS) is 1. The van der Waals surface area contributed by atoms with Crippen molar-refractivity contribution in [3.05, 3.63) is 64.1 Å². The number of fused-ring (bicyclic) bond motifs is 1. The molecule has 9 nitrogen and oxygen atoms in total. The van der Waals surface area contributed by atoms with Gasteiger partial charge >= 0.3 is 5.97 Å². The number of carboxylic acids is 1. The van der Waals surface area contributed by atoms with Crippen LogP contribution in [-0.4, -0.2) is 37.4 Å². The summed E-state index contributed by atoms with van der Waals surface area (Å²) in [5.74, 6) is 0.0186. The van der Waals surface area contributed by atoms with Gasteiger partial charge in [0, 0.05) is 17.6 Å². The van der Waals surface area contributed by atoms with Gasteiger partial charge in [0.25, 0.3) is 5.56 Å². The monoisotopic (exact) mass is 479 g/mol. The molecular formula is C24H25N5O4S. The summed E-state index contributed by atoms with van der Waals surface area (Å²) in [7, 11) is 1.74. The molecule has 4 aromatic rings. The average molecular weight is 480 g/mol. The van der Waals surface area contributed by atoms with Crippen molar-refractivity contribution >= 4 is 34.6 Å². The molecule has 0 aliphatic heterocycles. The number of aromatic carboxylic acids is 1. The third-order valence-corrected chi connectivity index (χ3v) is 5.98. The molecule has 0 bridgehead atoms. The van der Waals surface area contributed by atoms with Crippen molar-refractivity contribution in [2.24, 2.45) is 7.05 Å². The van der Waals surface area contributed by atoms with Crippen molar-refractivity contribution < 1.29 is 14.6 Å². The first-order valence-corrected chi connectivity index (χ1v) is 11.7. The normalized spacial score (nSPS) is 11.0. The maximum atomic E-state index is 12.9. The van der Waals surface area contributed by atoms with Gasteiger partial charge in [-0.2, -0.15) is 5.10 Å². The number of nitrogens with one attached hydrogen (secondary N) is 2. The zero-order valence-corrected chi connectivity index (χ0v) is 19.9. The SMILES string of the molecule is CCCc1nn(C)c2c(=O)[nH]c(-c3cc(SNc4cccc(C(=O)O)c4)ccc3OCC)nc12. The Balaban J connectivity index is 1.72. The van der Waals surface area contributed by atoms with Crippen LogP contribution in [0.5, 0.6) is 5.75 Å². The van der Waals surface area contributed by atoms with Crippen LogP contribution in [0.1, 0.15) is 36.3 Å². The lowest BCUT2D eigenvalue weighted by Gasteiger charge is -2.12. The highest BCUT2D eigenvalue weighted by Gasteiger charge is 2.18. The standard InChI is InChI=1S/C24H25N5O4S/c1-4-7-18-20-21(29(3)27-18)23(30)26-22(25-20)17-13-16(10-11-19(17)33-5-2)34-28-15-9-6-8-14(12-15)24(31)32/h6,8-13,28H,4-5,7H2,1-3H3,(H,31,32)(H,25,26,30). The number of H-pyrrole nitrogens is 1. The van der Waals surface area contributed by atoms with Crippen molar-refractivity contribution in [3.8, 4) is 17.1 Å². The summed E-state index contributed by atoms with van der Waals surface area (Å²) >= 11 is 1.32. The molecular weight excluding hydrogens is 454 g/mol. The first kappa shape index (κ1) is 23.4. The predicted octanol–water partition coefficient (Wildman–Crippen LogP) is 4.49. The highest BCUT2D eigenvalue weighted by Crippen LogP contribution is 2.33. The average Bonchev–Trinajstić information content (AvgIpc) is 3.14. The van der Waals surface area contributed by atoms with E-state index < -0.39 is 5.97 Å². The fourth-order valence-electron chi connectivity index (χ4n) is 3.65. The zero-order chi connectivity index (χ0) is 24.2. The minimum atomic E-state index is -0.986. The minimum absolute atomic E-state index is 0.201. The fourth-order valence-corrected chi connectivity index (χ4v) is 4.33. The van der Waals surface area contributed by atoms with Crippen LogP contribution < -0.4 is 15.0 Å². The van der Waals surface area contributed by atoms with Crippen LogP contribution in [0, 0.1) is 0 Å². The van der Waals surface area contributed by atoms with E-state index >= 15 is 0 Å². The van der Waals surface area contributed by atoms with E-state index in [1.807, 2.05) is 25.1 Å². The number of hydrogen-bond donors (Lipinski definition) is 3.